The summed E-state index contributed by atoms with van der Waals surface area (Å²) in [5.41, 5.74) is 2.98. The number of fused-ring (bicyclic) bond motifs is 1. The second kappa shape index (κ2) is 7.91. The van der Waals surface area contributed by atoms with Gasteiger partial charge in [-0.2, -0.15) is 13.2 Å². The van der Waals surface area contributed by atoms with Crippen LogP contribution in [-0.4, -0.2) is 22.7 Å². The van der Waals surface area contributed by atoms with Crippen LogP contribution in [0.1, 0.15) is 29.5 Å². The molecule has 2 aromatic carbocycles. The van der Waals surface area contributed by atoms with Crippen molar-refractivity contribution in [3.8, 4) is 11.1 Å². The van der Waals surface area contributed by atoms with Crippen molar-refractivity contribution in [1.29, 1.82) is 0 Å². The van der Waals surface area contributed by atoms with Crippen LogP contribution in [0.3, 0.4) is 0 Å². The van der Waals surface area contributed by atoms with Gasteiger partial charge in [0.1, 0.15) is 0 Å². The number of nitrogens with zero attached hydrogens (tertiary/aromatic N) is 1. The van der Waals surface area contributed by atoms with Crippen LogP contribution >= 0.6 is 0 Å². The van der Waals surface area contributed by atoms with Crippen molar-refractivity contribution in [2.24, 2.45) is 0 Å². The third-order valence-electron chi connectivity index (χ3n) is 5.34. The van der Waals surface area contributed by atoms with Gasteiger partial charge in [0.05, 0.1) is 11.7 Å². The molecule has 0 saturated heterocycles. The summed E-state index contributed by atoms with van der Waals surface area (Å²) in [4.78, 5) is 2.03. The predicted octanol–water partition coefficient (Wildman–Crippen LogP) is 5.80. The van der Waals surface area contributed by atoms with E-state index in [-0.39, 0.29) is 5.56 Å². The largest absolute Gasteiger partial charge is 0.417 e. The molecule has 1 aliphatic heterocycles. The van der Waals surface area contributed by atoms with E-state index in [9.17, 15) is 18.3 Å². The Hall–Kier alpha value is -2.79. The predicted molar refractivity (Wildman–Crippen MR) is 109 cm³/mol. The van der Waals surface area contributed by atoms with E-state index >= 15 is 0 Å². The molecule has 1 atom stereocenters. The number of alkyl halides is 3. The van der Waals surface area contributed by atoms with Crippen molar-refractivity contribution < 1.29 is 18.3 Å². The monoisotopic (exact) mass is 397 g/mol. The first-order chi connectivity index (χ1) is 13.9. The van der Waals surface area contributed by atoms with Gasteiger partial charge in [-0.1, -0.05) is 48.6 Å². The zero-order valence-electron chi connectivity index (χ0n) is 15.9. The molecule has 1 heterocycles. The lowest BCUT2D eigenvalue weighted by atomic mass is 9.94. The number of β-amino-alcohol motifs (C(OH)–C–C–N with tert-alkyl or cyclic N) is 1. The molecule has 4 rings (SSSR count). The van der Waals surface area contributed by atoms with Crippen molar-refractivity contribution in [3.05, 3.63) is 89.2 Å². The van der Waals surface area contributed by atoms with E-state index in [2.05, 4.69) is 12.2 Å². The Labute approximate surface area is 168 Å². The number of allylic oxidation sites excluding steroid dienone is 2. The quantitative estimate of drug-likeness (QED) is 0.705. The molecule has 1 unspecified atom stereocenters. The Balaban J connectivity index is 1.54. The topological polar surface area (TPSA) is 23.5 Å². The molecule has 0 saturated carbocycles. The maximum atomic E-state index is 13.3. The van der Waals surface area contributed by atoms with Crippen molar-refractivity contribution in [3.63, 3.8) is 0 Å². The molecule has 0 amide bonds. The summed E-state index contributed by atoms with van der Waals surface area (Å²) in [6.45, 7) is 1.09. The molecular formula is C24H22F3NO. The minimum Gasteiger partial charge on any atom is -0.387 e. The number of rotatable bonds is 4. The lowest BCUT2D eigenvalue weighted by molar-refractivity contribution is -0.137. The summed E-state index contributed by atoms with van der Waals surface area (Å²) in [5, 5.41) is 10.5. The van der Waals surface area contributed by atoms with Gasteiger partial charge in [-0.05, 0) is 58.9 Å². The number of hydrogen-bond donors (Lipinski definition) is 1. The molecule has 2 nitrogen and oxygen atoms in total. The number of benzene rings is 2. The van der Waals surface area contributed by atoms with Gasteiger partial charge in [-0.3, -0.25) is 0 Å². The van der Waals surface area contributed by atoms with E-state index in [1.807, 2.05) is 29.3 Å². The highest BCUT2D eigenvalue weighted by Gasteiger charge is 2.33. The van der Waals surface area contributed by atoms with Gasteiger partial charge in [-0.15, -0.1) is 0 Å². The molecule has 29 heavy (non-hydrogen) atoms. The van der Waals surface area contributed by atoms with Gasteiger partial charge in [0.2, 0.25) is 0 Å². The van der Waals surface area contributed by atoms with Crippen molar-refractivity contribution >= 4 is 6.08 Å². The molecule has 2 aromatic rings. The molecule has 150 valence electrons. The molecule has 0 spiro atoms. The smallest absolute Gasteiger partial charge is 0.387 e. The lowest BCUT2D eigenvalue weighted by Crippen LogP contribution is -2.30. The van der Waals surface area contributed by atoms with Gasteiger partial charge in [0.15, 0.2) is 0 Å². The summed E-state index contributed by atoms with van der Waals surface area (Å²) in [7, 11) is 0. The Kier molecular flexibility index (Phi) is 5.33. The number of aliphatic hydroxyl groups excluding tert-OH is 1. The molecule has 0 radical (unpaired) electrons. The first kappa shape index (κ1) is 19.5. The van der Waals surface area contributed by atoms with Gasteiger partial charge < -0.3 is 10.0 Å². The van der Waals surface area contributed by atoms with E-state index in [0.717, 1.165) is 35.6 Å². The number of hydrogen-bond acceptors (Lipinski definition) is 2. The van der Waals surface area contributed by atoms with Gasteiger partial charge in [-0.25, -0.2) is 0 Å². The van der Waals surface area contributed by atoms with Crippen LogP contribution in [0.25, 0.3) is 17.2 Å². The third kappa shape index (κ3) is 4.30. The van der Waals surface area contributed by atoms with Crippen LogP contribution in [-0.2, 0) is 12.7 Å². The first-order valence-corrected chi connectivity index (χ1v) is 9.68. The van der Waals surface area contributed by atoms with Crippen molar-refractivity contribution in [1.82, 2.24) is 4.90 Å². The zero-order chi connectivity index (χ0) is 20.4. The third-order valence-corrected chi connectivity index (χ3v) is 5.34. The van der Waals surface area contributed by atoms with Crippen LogP contribution in [0.5, 0.6) is 0 Å². The normalized spacial score (nSPS) is 17.1. The highest BCUT2D eigenvalue weighted by atomic mass is 19.4. The number of aliphatic hydroxyl groups is 1. The summed E-state index contributed by atoms with van der Waals surface area (Å²) in [6, 6.07) is 11.1. The lowest BCUT2D eigenvalue weighted by Gasteiger charge is -2.28. The Bertz CT molecular complexity index is 988. The molecule has 0 aromatic heterocycles. The highest BCUT2D eigenvalue weighted by molar-refractivity contribution is 5.72. The standard InChI is InChI=1S/C24H22F3NO/c25-24(26,27)22-9-5-4-8-21(22)19-10-11-20-15-28(13-12-18(20)14-19)16-23(29)17-6-2-1-3-7-17/h2,4-14,23,29H,1,3,15-16H2. The summed E-state index contributed by atoms with van der Waals surface area (Å²) in [5.74, 6) is 0. The van der Waals surface area contributed by atoms with Crippen molar-refractivity contribution in [2.45, 2.75) is 31.7 Å². The summed E-state index contributed by atoms with van der Waals surface area (Å²) in [6.07, 6.45) is 6.91. The number of halogens is 3. The fourth-order valence-electron chi connectivity index (χ4n) is 3.83. The summed E-state index contributed by atoms with van der Waals surface area (Å²) < 4.78 is 40.0. The zero-order valence-corrected chi connectivity index (χ0v) is 15.9. The first-order valence-electron chi connectivity index (χ1n) is 9.68. The van der Waals surface area contributed by atoms with Crippen LogP contribution in [0, 0.1) is 0 Å². The molecule has 0 fully saturated rings. The van der Waals surface area contributed by atoms with Crippen LogP contribution in [0.2, 0.25) is 0 Å². The Morgan fingerprint density at radius 1 is 1.03 bits per heavy atom. The second-order valence-electron chi connectivity index (χ2n) is 7.40. The average molecular weight is 397 g/mol. The molecule has 0 bridgehead atoms. The molecule has 1 aliphatic carbocycles. The minimum atomic E-state index is -4.39. The molecule has 5 heteroatoms. The van der Waals surface area contributed by atoms with E-state index < -0.39 is 17.8 Å². The highest BCUT2D eigenvalue weighted by Crippen LogP contribution is 2.38. The Morgan fingerprint density at radius 2 is 1.86 bits per heavy atom. The van der Waals surface area contributed by atoms with Crippen LogP contribution in [0.15, 0.2) is 72.5 Å². The van der Waals surface area contributed by atoms with Gasteiger partial charge in [0.25, 0.3) is 0 Å². The van der Waals surface area contributed by atoms with Crippen LogP contribution in [0.4, 0.5) is 13.2 Å². The van der Waals surface area contributed by atoms with Gasteiger partial charge >= 0.3 is 6.18 Å². The van der Waals surface area contributed by atoms with E-state index in [1.165, 1.54) is 12.1 Å². The SMILES string of the molecule is OC(CN1C=Cc2cc(-c3ccccc3C(F)(F)F)ccc2C1)C1=CCCC=C1. The molecular weight excluding hydrogens is 375 g/mol. The minimum absolute atomic E-state index is 0.185. The van der Waals surface area contributed by atoms with E-state index in [0.29, 0.717) is 18.7 Å². The Morgan fingerprint density at radius 3 is 2.62 bits per heavy atom. The maximum Gasteiger partial charge on any atom is 0.417 e. The van der Waals surface area contributed by atoms with E-state index in [1.54, 1.807) is 18.2 Å². The van der Waals surface area contributed by atoms with Gasteiger partial charge in [0, 0.05) is 19.3 Å². The van der Waals surface area contributed by atoms with E-state index in [4.69, 9.17) is 0 Å². The fraction of sp³-hybridized carbons (Fsp3) is 0.250. The molecule has 2 aliphatic rings. The average Bonchev–Trinajstić information content (AvgIpc) is 2.73. The van der Waals surface area contributed by atoms with Crippen molar-refractivity contribution in [2.75, 3.05) is 6.54 Å². The second-order valence-corrected chi connectivity index (χ2v) is 7.40. The maximum absolute atomic E-state index is 13.3. The fourth-order valence-corrected chi connectivity index (χ4v) is 3.83. The molecule has 1 N–H and O–H groups in total. The summed E-state index contributed by atoms with van der Waals surface area (Å²) >= 11 is 0. The van der Waals surface area contributed by atoms with Crippen LogP contribution < -0.4 is 0 Å².